The molecule has 0 saturated heterocycles. The van der Waals surface area contributed by atoms with Crippen LogP contribution in [0.2, 0.25) is 5.02 Å². The van der Waals surface area contributed by atoms with E-state index in [2.05, 4.69) is 0 Å². The fraction of sp³-hybridized carbons (Fsp3) is 0.143. The minimum atomic E-state index is -4.46. The number of benzene rings is 2. The van der Waals surface area contributed by atoms with Gasteiger partial charge >= 0.3 is 6.18 Å². The van der Waals surface area contributed by atoms with Crippen molar-refractivity contribution >= 4 is 11.6 Å². The smallest absolute Gasteiger partial charge is 0.205 e. The van der Waals surface area contributed by atoms with Crippen molar-refractivity contribution in [2.24, 2.45) is 0 Å². The van der Waals surface area contributed by atoms with E-state index in [0.717, 1.165) is 24.3 Å². The molecular formula is C14H8ClF5. The number of halogens is 6. The highest BCUT2D eigenvalue weighted by atomic mass is 35.5. The molecule has 0 unspecified atom stereocenters. The predicted molar refractivity (Wildman–Crippen MR) is 66.8 cm³/mol. The van der Waals surface area contributed by atoms with Crippen LogP contribution in [0.15, 0.2) is 42.5 Å². The van der Waals surface area contributed by atoms with Gasteiger partial charge in [-0.3, -0.25) is 0 Å². The third-order valence-corrected chi connectivity index (χ3v) is 3.12. The molecule has 6 heteroatoms. The van der Waals surface area contributed by atoms with Gasteiger partial charge in [-0.2, -0.15) is 13.2 Å². The molecule has 0 N–H and O–H groups in total. The molecule has 0 bridgehead atoms. The summed E-state index contributed by atoms with van der Waals surface area (Å²) in [4.78, 5) is 0. The van der Waals surface area contributed by atoms with E-state index in [-0.39, 0.29) is 21.7 Å². The summed E-state index contributed by atoms with van der Waals surface area (Å²) in [6, 6.07) is 8.20. The van der Waals surface area contributed by atoms with Gasteiger partial charge in [0.15, 0.2) is 0 Å². The fourth-order valence-corrected chi connectivity index (χ4v) is 2.11. The van der Waals surface area contributed by atoms with Crippen molar-refractivity contribution in [3.05, 3.63) is 58.6 Å². The first-order valence-electron chi connectivity index (χ1n) is 5.55. The highest BCUT2D eigenvalue weighted by molar-refractivity contribution is 6.31. The summed E-state index contributed by atoms with van der Waals surface area (Å²) in [6.45, 7) is 0. The minimum absolute atomic E-state index is 0.114. The maximum atomic E-state index is 13.0. The van der Waals surface area contributed by atoms with E-state index in [1.807, 2.05) is 0 Å². The predicted octanol–water partition coefficient (Wildman–Crippen LogP) is 5.96. The van der Waals surface area contributed by atoms with Gasteiger partial charge in [0.2, 0.25) is 0 Å². The molecule has 0 aromatic heterocycles. The lowest BCUT2D eigenvalue weighted by atomic mass is 9.98. The van der Waals surface area contributed by atoms with E-state index in [1.54, 1.807) is 0 Å². The lowest BCUT2D eigenvalue weighted by molar-refractivity contribution is -0.137. The van der Waals surface area contributed by atoms with E-state index in [4.69, 9.17) is 11.6 Å². The first-order chi connectivity index (χ1) is 9.30. The van der Waals surface area contributed by atoms with Crippen LogP contribution < -0.4 is 0 Å². The first-order valence-corrected chi connectivity index (χ1v) is 5.92. The van der Waals surface area contributed by atoms with Gasteiger partial charge in [0.05, 0.1) is 10.6 Å². The molecule has 0 aliphatic heterocycles. The lowest BCUT2D eigenvalue weighted by Crippen LogP contribution is -2.04. The van der Waals surface area contributed by atoms with Crippen LogP contribution in [0, 0.1) is 0 Å². The van der Waals surface area contributed by atoms with Gasteiger partial charge < -0.3 is 0 Å². The zero-order chi connectivity index (χ0) is 14.9. The molecule has 20 heavy (non-hydrogen) atoms. The Balaban J connectivity index is 2.50. The van der Waals surface area contributed by atoms with Gasteiger partial charge in [-0.05, 0) is 29.3 Å². The Hall–Kier alpha value is -1.62. The molecule has 0 atom stereocenters. The van der Waals surface area contributed by atoms with Crippen molar-refractivity contribution in [1.29, 1.82) is 0 Å². The highest BCUT2D eigenvalue weighted by Gasteiger charge is 2.30. The highest BCUT2D eigenvalue weighted by Crippen LogP contribution is 2.37. The number of hydrogen-bond donors (Lipinski definition) is 0. The molecule has 0 radical (unpaired) electrons. The summed E-state index contributed by atoms with van der Waals surface area (Å²) < 4.78 is 63.3. The fourth-order valence-electron chi connectivity index (χ4n) is 1.85. The van der Waals surface area contributed by atoms with Crippen molar-refractivity contribution < 1.29 is 22.0 Å². The summed E-state index contributed by atoms with van der Waals surface area (Å²) in [6.07, 6.45) is -7.26. The molecule has 0 amide bonds. The molecule has 0 fully saturated rings. The molecule has 0 nitrogen and oxygen atoms in total. The van der Waals surface area contributed by atoms with Crippen LogP contribution in [-0.4, -0.2) is 0 Å². The average Bonchev–Trinajstić information content (AvgIpc) is 2.37. The maximum absolute atomic E-state index is 13.0. The Kier molecular flexibility index (Phi) is 3.99. The van der Waals surface area contributed by atoms with Crippen molar-refractivity contribution in [3.63, 3.8) is 0 Å². The van der Waals surface area contributed by atoms with Gasteiger partial charge in [-0.15, -0.1) is 0 Å². The third-order valence-electron chi connectivity index (χ3n) is 2.79. The van der Waals surface area contributed by atoms with Crippen molar-refractivity contribution in [2.45, 2.75) is 12.6 Å². The molecule has 106 valence electrons. The zero-order valence-corrected chi connectivity index (χ0v) is 10.6. The van der Waals surface area contributed by atoms with E-state index in [9.17, 15) is 22.0 Å². The van der Waals surface area contributed by atoms with Crippen LogP contribution in [0.1, 0.15) is 17.6 Å². The third kappa shape index (κ3) is 2.93. The van der Waals surface area contributed by atoms with Crippen molar-refractivity contribution in [3.8, 4) is 11.1 Å². The standard InChI is InChI=1S/C14H8ClF5/c15-11-3-1-2-10(12(11)13(16)17)8-4-6-9(7-5-8)14(18,19)20/h1-7,13H. The zero-order valence-electron chi connectivity index (χ0n) is 9.89. The van der Waals surface area contributed by atoms with Gasteiger partial charge in [0, 0.05) is 5.56 Å². The van der Waals surface area contributed by atoms with E-state index < -0.39 is 18.2 Å². The van der Waals surface area contributed by atoms with Gasteiger partial charge in [0.1, 0.15) is 0 Å². The molecule has 0 saturated carbocycles. The normalized spacial score (nSPS) is 11.9. The van der Waals surface area contributed by atoms with E-state index in [1.165, 1.54) is 18.2 Å². The lowest BCUT2D eigenvalue weighted by Gasteiger charge is -2.12. The molecule has 2 aromatic carbocycles. The Bertz CT molecular complexity index is 602. The molecule has 0 aliphatic carbocycles. The molecular weight excluding hydrogens is 299 g/mol. The Labute approximate surface area is 116 Å². The Morgan fingerprint density at radius 3 is 2.00 bits per heavy atom. The molecule has 0 aliphatic rings. The average molecular weight is 307 g/mol. The van der Waals surface area contributed by atoms with Crippen LogP contribution >= 0.6 is 11.6 Å². The molecule has 2 aromatic rings. The molecule has 2 rings (SSSR count). The van der Waals surface area contributed by atoms with Crippen molar-refractivity contribution in [1.82, 2.24) is 0 Å². The largest absolute Gasteiger partial charge is 0.416 e. The van der Waals surface area contributed by atoms with Crippen molar-refractivity contribution in [2.75, 3.05) is 0 Å². The van der Waals surface area contributed by atoms with Crippen LogP contribution in [0.25, 0.3) is 11.1 Å². The first kappa shape index (κ1) is 14.8. The molecule has 0 heterocycles. The topological polar surface area (TPSA) is 0 Å². The molecule has 0 spiro atoms. The summed E-state index contributed by atoms with van der Waals surface area (Å²) in [5.41, 5.74) is -0.826. The van der Waals surface area contributed by atoms with Gasteiger partial charge in [-0.25, -0.2) is 8.78 Å². The van der Waals surface area contributed by atoms with Crippen LogP contribution in [0.5, 0.6) is 0 Å². The van der Waals surface area contributed by atoms with E-state index in [0.29, 0.717) is 0 Å². The second kappa shape index (κ2) is 5.40. The Morgan fingerprint density at radius 1 is 0.900 bits per heavy atom. The summed E-state index contributed by atoms with van der Waals surface area (Å²) >= 11 is 5.72. The summed E-state index contributed by atoms with van der Waals surface area (Å²) in [7, 11) is 0. The monoisotopic (exact) mass is 306 g/mol. The Morgan fingerprint density at radius 2 is 1.50 bits per heavy atom. The SMILES string of the molecule is FC(F)c1c(Cl)cccc1-c1ccc(C(F)(F)F)cc1. The quantitative estimate of drug-likeness (QED) is 0.600. The van der Waals surface area contributed by atoms with E-state index >= 15 is 0 Å². The maximum Gasteiger partial charge on any atom is 0.416 e. The summed E-state index contributed by atoms with van der Waals surface area (Å²) in [5.74, 6) is 0. The minimum Gasteiger partial charge on any atom is -0.205 e. The van der Waals surface area contributed by atoms with Crippen LogP contribution in [-0.2, 0) is 6.18 Å². The summed E-state index contributed by atoms with van der Waals surface area (Å²) in [5, 5.41) is -0.114. The number of rotatable bonds is 2. The number of alkyl halides is 5. The second-order valence-corrected chi connectivity index (χ2v) is 4.48. The van der Waals surface area contributed by atoms with Crippen LogP contribution in [0.4, 0.5) is 22.0 Å². The van der Waals surface area contributed by atoms with Gasteiger partial charge in [-0.1, -0.05) is 35.9 Å². The second-order valence-electron chi connectivity index (χ2n) is 4.08. The van der Waals surface area contributed by atoms with Gasteiger partial charge in [0.25, 0.3) is 6.43 Å². The van der Waals surface area contributed by atoms with Crippen LogP contribution in [0.3, 0.4) is 0 Å². The number of hydrogen-bond acceptors (Lipinski definition) is 0.